The molecule has 2 aromatic rings. The van der Waals surface area contributed by atoms with Crippen molar-refractivity contribution in [1.29, 1.82) is 0 Å². The van der Waals surface area contributed by atoms with Crippen molar-refractivity contribution >= 4 is 28.6 Å². The van der Waals surface area contributed by atoms with Gasteiger partial charge in [-0.3, -0.25) is 4.79 Å². The van der Waals surface area contributed by atoms with Crippen LogP contribution < -0.4 is 5.32 Å². The number of fused-ring (bicyclic) bond motifs is 1. The van der Waals surface area contributed by atoms with Gasteiger partial charge in [0, 0.05) is 11.4 Å². The first-order chi connectivity index (χ1) is 12.8. The first kappa shape index (κ1) is 19.9. The highest BCUT2D eigenvalue weighted by atomic mass is 32.2. The van der Waals surface area contributed by atoms with E-state index in [1.807, 2.05) is 0 Å². The van der Waals surface area contributed by atoms with E-state index < -0.39 is 17.3 Å². The topological polar surface area (TPSA) is 54.9 Å². The van der Waals surface area contributed by atoms with E-state index in [2.05, 4.69) is 15.3 Å². The molecule has 0 radical (unpaired) electrons. The molecule has 0 saturated heterocycles. The predicted molar refractivity (Wildman–Crippen MR) is 99.5 cm³/mol. The molecule has 8 heteroatoms. The van der Waals surface area contributed by atoms with Gasteiger partial charge < -0.3 is 5.32 Å². The van der Waals surface area contributed by atoms with Crippen LogP contribution in [-0.4, -0.2) is 27.2 Å². The largest absolute Gasteiger partial charge is 0.451 e. The number of hydrogen-bond donors (Lipinski definition) is 1. The summed E-state index contributed by atoms with van der Waals surface area (Å²) in [7, 11) is 0. The van der Waals surface area contributed by atoms with Crippen molar-refractivity contribution in [2.24, 2.45) is 0 Å². The average molecular weight is 397 g/mol. The third-order valence-electron chi connectivity index (χ3n) is 4.68. The Morgan fingerprint density at radius 2 is 1.81 bits per heavy atom. The fourth-order valence-corrected chi connectivity index (χ4v) is 4.18. The number of aromatic nitrogens is 2. The van der Waals surface area contributed by atoms with Gasteiger partial charge in [0.05, 0.1) is 10.8 Å². The minimum absolute atomic E-state index is 0.149. The van der Waals surface area contributed by atoms with Crippen LogP contribution in [0.15, 0.2) is 29.3 Å². The highest BCUT2D eigenvalue weighted by molar-refractivity contribution is 8.00. The van der Waals surface area contributed by atoms with Gasteiger partial charge in [-0.25, -0.2) is 9.97 Å². The smallest absolute Gasteiger partial charge is 0.352 e. The predicted octanol–water partition coefficient (Wildman–Crippen LogP) is 4.97. The van der Waals surface area contributed by atoms with Gasteiger partial charge in [-0.15, -0.1) is 0 Å². The minimum atomic E-state index is -4.63. The van der Waals surface area contributed by atoms with Crippen molar-refractivity contribution in [2.45, 2.75) is 67.9 Å². The van der Waals surface area contributed by atoms with Crippen molar-refractivity contribution in [2.75, 3.05) is 0 Å². The lowest BCUT2D eigenvalue weighted by Gasteiger charge is -2.19. The van der Waals surface area contributed by atoms with Crippen molar-refractivity contribution in [3.8, 4) is 0 Å². The molecule has 1 heterocycles. The summed E-state index contributed by atoms with van der Waals surface area (Å²) < 4.78 is 39.4. The molecular formula is C19H22F3N3OS. The SMILES string of the molecule is C[C@H](Sc1nc(C(F)(F)F)nc2ccccc12)C(=O)NC1CCCCCC1. The maximum atomic E-state index is 13.1. The van der Waals surface area contributed by atoms with Crippen LogP contribution in [0.5, 0.6) is 0 Å². The van der Waals surface area contributed by atoms with Gasteiger partial charge in [0.15, 0.2) is 0 Å². The summed E-state index contributed by atoms with van der Waals surface area (Å²) in [5.41, 5.74) is 0.221. The standard InChI is InChI=1S/C19H22F3N3OS/c1-12(16(26)23-13-8-4-2-3-5-9-13)27-17-14-10-6-7-11-15(14)24-18(25-17)19(20,21)22/h6-7,10-13H,2-5,8-9H2,1H3,(H,23,26)/t12-/m0/s1. The number of carbonyl (C=O) groups excluding carboxylic acids is 1. The van der Waals surface area contributed by atoms with Crippen LogP contribution in [0.3, 0.4) is 0 Å². The number of para-hydroxylation sites is 1. The zero-order chi connectivity index (χ0) is 19.4. The Bertz CT molecular complexity index is 804. The van der Waals surface area contributed by atoms with Gasteiger partial charge in [-0.05, 0) is 25.8 Å². The summed E-state index contributed by atoms with van der Waals surface area (Å²) in [6.07, 6.45) is 1.84. The molecule has 3 rings (SSSR count). The molecule has 1 atom stereocenters. The zero-order valence-electron chi connectivity index (χ0n) is 15.1. The molecular weight excluding hydrogens is 375 g/mol. The van der Waals surface area contributed by atoms with E-state index in [0.717, 1.165) is 37.4 Å². The summed E-state index contributed by atoms with van der Waals surface area (Å²) in [4.78, 5) is 19.9. The molecule has 0 spiro atoms. The summed E-state index contributed by atoms with van der Waals surface area (Å²) in [6.45, 7) is 1.70. The Morgan fingerprint density at radius 1 is 1.15 bits per heavy atom. The number of rotatable bonds is 4. The molecule has 1 aromatic heterocycles. The lowest BCUT2D eigenvalue weighted by molar-refractivity contribution is -0.145. The van der Waals surface area contributed by atoms with Gasteiger partial charge in [-0.2, -0.15) is 13.2 Å². The highest BCUT2D eigenvalue weighted by Crippen LogP contribution is 2.33. The molecule has 1 saturated carbocycles. The van der Waals surface area contributed by atoms with Crippen LogP contribution in [0, 0.1) is 0 Å². The number of thioether (sulfide) groups is 1. The van der Waals surface area contributed by atoms with Crippen molar-refractivity contribution in [3.05, 3.63) is 30.1 Å². The molecule has 0 bridgehead atoms. The number of nitrogens with one attached hydrogen (secondary N) is 1. The van der Waals surface area contributed by atoms with E-state index in [9.17, 15) is 18.0 Å². The molecule has 4 nitrogen and oxygen atoms in total. The minimum Gasteiger partial charge on any atom is -0.352 e. The van der Waals surface area contributed by atoms with Crippen molar-refractivity contribution < 1.29 is 18.0 Å². The number of alkyl halides is 3. The molecule has 0 unspecified atom stereocenters. The van der Waals surface area contributed by atoms with Gasteiger partial charge in [0.1, 0.15) is 5.03 Å². The average Bonchev–Trinajstić information content (AvgIpc) is 2.89. The number of carbonyl (C=O) groups is 1. The summed E-state index contributed by atoms with van der Waals surface area (Å²) in [5.74, 6) is -1.34. The molecule has 1 aliphatic rings. The zero-order valence-corrected chi connectivity index (χ0v) is 15.9. The van der Waals surface area contributed by atoms with E-state index in [-0.39, 0.29) is 22.5 Å². The Labute approximate surface area is 160 Å². The Hall–Kier alpha value is -1.83. The second-order valence-electron chi connectivity index (χ2n) is 6.82. The highest BCUT2D eigenvalue weighted by Gasteiger charge is 2.36. The normalized spacial score (nSPS) is 17.5. The Morgan fingerprint density at radius 3 is 2.48 bits per heavy atom. The molecule has 1 N–H and O–H groups in total. The monoisotopic (exact) mass is 397 g/mol. The van der Waals surface area contributed by atoms with E-state index in [0.29, 0.717) is 5.39 Å². The molecule has 1 aromatic carbocycles. The van der Waals surface area contributed by atoms with Crippen molar-refractivity contribution in [3.63, 3.8) is 0 Å². The molecule has 1 amide bonds. The van der Waals surface area contributed by atoms with E-state index in [1.54, 1.807) is 25.1 Å². The van der Waals surface area contributed by atoms with E-state index >= 15 is 0 Å². The summed E-state index contributed by atoms with van der Waals surface area (Å²) in [6, 6.07) is 6.70. The second-order valence-corrected chi connectivity index (χ2v) is 8.15. The van der Waals surface area contributed by atoms with Crippen LogP contribution in [0.2, 0.25) is 0 Å². The first-order valence-corrected chi connectivity index (χ1v) is 10.0. The fraction of sp³-hybridized carbons (Fsp3) is 0.526. The van der Waals surface area contributed by atoms with E-state index in [1.165, 1.54) is 18.9 Å². The quantitative estimate of drug-likeness (QED) is 0.450. The van der Waals surface area contributed by atoms with Gasteiger partial charge in [0.25, 0.3) is 0 Å². The molecule has 146 valence electrons. The van der Waals surface area contributed by atoms with Gasteiger partial charge in [-0.1, -0.05) is 55.6 Å². The molecule has 27 heavy (non-hydrogen) atoms. The number of halogens is 3. The molecule has 0 aliphatic heterocycles. The fourth-order valence-electron chi connectivity index (χ4n) is 3.23. The van der Waals surface area contributed by atoms with Crippen LogP contribution in [-0.2, 0) is 11.0 Å². The Kier molecular flexibility index (Phi) is 6.24. The van der Waals surface area contributed by atoms with Crippen LogP contribution in [0.1, 0.15) is 51.3 Å². The summed E-state index contributed by atoms with van der Waals surface area (Å²) >= 11 is 1.04. The second kappa shape index (κ2) is 8.46. The number of amides is 1. The molecule has 1 aliphatic carbocycles. The van der Waals surface area contributed by atoms with Crippen LogP contribution >= 0.6 is 11.8 Å². The lowest BCUT2D eigenvalue weighted by atomic mass is 10.1. The number of nitrogens with zero attached hydrogens (tertiary/aromatic N) is 2. The van der Waals surface area contributed by atoms with Gasteiger partial charge in [0.2, 0.25) is 11.7 Å². The van der Waals surface area contributed by atoms with Gasteiger partial charge >= 0.3 is 6.18 Å². The Balaban J connectivity index is 1.79. The van der Waals surface area contributed by atoms with Crippen LogP contribution in [0.4, 0.5) is 13.2 Å². The van der Waals surface area contributed by atoms with E-state index in [4.69, 9.17) is 0 Å². The number of benzene rings is 1. The maximum absolute atomic E-state index is 13.1. The lowest BCUT2D eigenvalue weighted by Crippen LogP contribution is -2.39. The third-order valence-corrected chi connectivity index (χ3v) is 5.78. The van der Waals surface area contributed by atoms with Crippen molar-refractivity contribution in [1.82, 2.24) is 15.3 Å². The third kappa shape index (κ3) is 5.12. The molecule has 1 fully saturated rings. The van der Waals surface area contributed by atoms with Crippen LogP contribution in [0.25, 0.3) is 10.9 Å². The summed E-state index contributed by atoms with van der Waals surface area (Å²) in [5, 5.41) is 3.19. The number of hydrogen-bond acceptors (Lipinski definition) is 4. The maximum Gasteiger partial charge on any atom is 0.451 e. The first-order valence-electron chi connectivity index (χ1n) is 9.15.